The summed E-state index contributed by atoms with van der Waals surface area (Å²) >= 11 is 10.6. The van der Waals surface area contributed by atoms with E-state index >= 15 is 0 Å². The predicted octanol–water partition coefficient (Wildman–Crippen LogP) is 4.45. The molecule has 0 saturated heterocycles. The molecule has 2 aromatic carbocycles. The Morgan fingerprint density at radius 2 is 1.92 bits per heavy atom. The van der Waals surface area contributed by atoms with Gasteiger partial charge in [-0.05, 0) is 35.9 Å². The first-order chi connectivity index (χ1) is 12.1. The van der Waals surface area contributed by atoms with Gasteiger partial charge < -0.3 is 4.52 Å². The Labute approximate surface area is 155 Å². The number of aromatic nitrogens is 2. The van der Waals surface area contributed by atoms with E-state index in [4.69, 9.17) is 23.2 Å². The molecule has 0 atom stereocenters. The Morgan fingerprint density at radius 3 is 2.54 bits per heavy atom. The second-order valence-corrected chi connectivity index (χ2v) is 7.71. The van der Waals surface area contributed by atoms with Gasteiger partial charge in [0, 0.05) is 11.6 Å². The number of alkyl halides is 3. The van der Waals surface area contributed by atoms with Gasteiger partial charge in [-0.2, -0.15) is 13.8 Å². The molecule has 1 heterocycles. The van der Waals surface area contributed by atoms with Crippen LogP contribution in [0, 0.1) is 11.9 Å². The maximum Gasteiger partial charge on any atom is 0.400 e. The van der Waals surface area contributed by atoms with Crippen LogP contribution in [-0.2, 0) is 15.2 Å². The molecule has 26 heavy (non-hydrogen) atoms. The van der Waals surface area contributed by atoms with Gasteiger partial charge in [0.2, 0.25) is 15.7 Å². The Morgan fingerprint density at radius 1 is 1.19 bits per heavy atom. The molecule has 0 aliphatic rings. The van der Waals surface area contributed by atoms with Crippen LogP contribution < -0.4 is 0 Å². The summed E-state index contributed by atoms with van der Waals surface area (Å²) in [6.45, 7) is 0. The Balaban J connectivity index is 2.05. The quantitative estimate of drug-likeness (QED) is 0.459. The molecular formula is C15H6Cl2F3N2O3S. The van der Waals surface area contributed by atoms with Gasteiger partial charge in [0.05, 0.1) is 14.8 Å². The lowest BCUT2D eigenvalue weighted by molar-refractivity contribution is 0.0551. The summed E-state index contributed by atoms with van der Waals surface area (Å²) in [6, 6.07) is 8.96. The largest absolute Gasteiger partial charge is 0.400 e. The van der Waals surface area contributed by atoms with Crippen LogP contribution in [0.15, 0.2) is 50.7 Å². The summed E-state index contributed by atoms with van der Waals surface area (Å²) in [5, 5.41) is -0.828. The fourth-order valence-corrected chi connectivity index (χ4v) is 3.86. The molecule has 0 saturated carbocycles. The van der Waals surface area contributed by atoms with Crippen molar-refractivity contribution in [2.75, 3.05) is 0 Å². The second kappa shape index (κ2) is 6.57. The molecule has 0 aliphatic carbocycles. The first-order valence-corrected chi connectivity index (χ1v) is 8.96. The van der Waals surface area contributed by atoms with Gasteiger partial charge in [0.25, 0.3) is 0 Å². The molecule has 0 spiro atoms. The van der Waals surface area contributed by atoms with Crippen LogP contribution in [0.4, 0.5) is 13.2 Å². The van der Waals surface area contributed by atoms with E-state index in [-0.39, 0.29) is 26.2 Å². The zero-order valence-corrected chi connectivity index (χ0v) is 14.7. The summed E-state index contributed by atoms with van der Waals surface area (Å²) < 4.78 is 68.8. The van der Waals surface area contributed by atoms with E-state index in [1.165, 1.54) is 12.1 Å². The molecule has 0 bridgehead atoms. The molecule has 3 aromatic rings. The van der Waals surface area contributed by atoms with Crippen molar-refractivity contribution in [2.24, 2.45) is 0 Å². The monoisotopic (exact) mass is 421 g/mol. The van der Waals surface area contributed by atoms with E-state index in [9.17, 15) is 21.6 Å². The van der Waals surface area contributed by atoms with Crippen molar-refractivity contribution in [3.63, 3.8) is 0 Å². The van der Waals surface area contributed by atoms with Crippen LogP contribution in [0.1, 0.15) is 5.89 Å². The first kappa shape index (κ1) is 18.7. The number of sulfone groups is 1. The fraction of sp³-hybridized carbons (Fsp3) is 0.0667. The molecule has 1 aromatic heterocycles. The number of hydrogen-bond acceptors (Lipinski definition) is 5. The molecule has 5 nitrogen and oxygen atoms in total. The highest BCUT2D eigenvalue weighted by atomic mass is 35.5. The van der Waals surface area contributed by atoms with Crippen LogP contribution in [0.25, 0.3) is 11.4 Å². The van der Waals surface area contributed by atoms with Gasteiger partial charge in [-0.3, -0.25) is 0 Å². The van der Waals surface area contributed by atoms with Crippen LogP contribution in [-0.4, -0.2) is 18.6 Å². The van der Waals surface area contributed by atoms with E-state index in [1.807, 2.05) is 0 Å². The lowest BCUT2D eigenvalue weighted by Crippen LogP contribution is -2.04. The summed E-state index contributed by atoms with van der Waals surface area (Å²) in [6.07, 6.45) is 0. The van der Waals surface area contributed by atoms with Crippen molar-refractivity contribution in [1.82, 2.24) is 10.1 Å². The zero-order chi connectivity index (χ0) is 19.1. The molecule has 11 heteroatoms. The molecule has 0 N–H and O–H groups in total. The predicted molar refractivity (Wildman–Crippen MR) is 85.2 cm³/mol. The van der Waals surface area contributed by atoms with E-state index in [0.717, 1.165) is 24.3 Å². The van der Waals surface area contributed by atoms with Crippen LogP contribution in [0.2, 0.25) is 5.02 Å². The standard InChI is InChI=1S/C15H6Cl2F3N2O3S/c16-11-7-9(18)4-5-12(11)26(23,24)10-3-1-2-8(6-10)13-21-14(25-22-13)15(17,19)20/h1-2,4-7H. The van der Waals surface area contributed by atoms with Crippen molar-refractivity contribution in [3.8, 4) is 11.4 Å². The Kier molecular flexibility index (Phi) is 4.72. The summed E-state index contributed by atoms with van der Waals surface area (Å²) in [5.41, 5.74) is 0.0662. The van der Waals surface area contributed by atoms with Crippen molar-refractivity contribution in [3.05, 3.63) is 59.2 Å². The van der Waals surface area contributed by atoms with Gasteiger partial charge >= 0.3 is 11.3 Å². The molecule has 0 aliphatic heterocycles. The van der Waals surface area contributed by atoms with E-state index < -0.39 is 26.9 Å². The molecule has 135 valence electrons. The van der Waals surface area contributed by atoms with Crippen LogP contribution in [0.3, 0.4) is 0 Å². The van der Waals surface area contributed by atoms with Gasteiger partial charge in [0.1, 0.15) is 5.82 Å². The lowest BCUT2D eigenvalue weighted by Gasteiger charge is -2.07. The van der Waals surface area contributed by atoms with E-state index in [0.29, 0.717) is 0 Å². The van der Waals surface area contributed by atoms with Crippen molar-refractivity contribution in [2.45, 2.75) is 15.2 Å². The highest BCUT2D eigenvalue weighted by molar-refractivity contribution is 7.91. The third-order valence-corrected chi connectivity index (χ3v) is 5.51. The van der Waals surface area contributed by atoms with Gasteiger partial charge in [-0.1, -0.05) is 28.9 Å². The number of benzene rings is 2. The number of hydrogen-bond donors (Lipinski definition) is 0. The molecule has 1 radical (unpaired) electrons. The van der Waals surface area contributed by atoms with Gasteiger partial charge in [-0.25, -0.2) is 12.8 Å². The fourth-order valence-electron chi connectivity index (χ4n) is 2.01. The number of rotatable bonds is 4. The third-order valence-electron chi connectivity index (χ3n) is 3.17. The first-order valence-electron chi connectivity index (χ1n) is 6.72. The van der Waals surface area contributed by atoms with Crippen LogP contribution >= 0.6 is 23.2 Å². The van der Waals surface area contributed by atoms with E-state index in [1.54, 1.807) is 0 Å². The van der Waals surface area contributed by atoms with Gasteiger partial charge in [-0.15, -0.1) is 0 Å². The summed E-state index contributed by atoms with van der Waals surface area (Å²) in [7, 11) is -4.15. The summed E-state index contributed by atoms with van der Waals surface area (Å²) in [5.74, 6) is -2.13. The number of halogens is 5. The molecule has 0 amide bonds. The van der Waals surface area contributed by atoms with Crippen molar-refractivity contribution in [1.29, 1.82) is 0 Å². The smallest absolute Gasteiger partial charge is 0.331 e. The second-order valence-electron chi connectivity index (χ2n) is 4.94. The average molecular weight is 422 g/mol. The molecular weight excluding hydrogens is 416 g/mol. The topological polar surface area (TPSA) is 73.1 Å². The highest BCUT2D eigenvalue weighted by Crippen LogP contribution is 2.33. The van der Waals surface area contributed by atoms with E-state index in [2.05, 4.69) is 20.7 Å². The normalized spacial score (nSPS) is 12.3. The van der Waals surface area contributed by atoms with Crippen molar-refractivity contribution >= 4 is 33.0 Å². The maximum absolute atomic E-state index is 13.1. The van der Waals surface area contributed by atoms with Gasteiger partial charge in [0.15, 0.2) is 0 Å². The minimum atomic E-state index is -4.15. The highest BCUT2D eigenvalue weighted by Gasteiger charge is 2.35. The summed E-state index contributed by atoms with van der Waals surface area (Å²) in [4.78, 5) is 2.75. The SMILES string of the molecule is O=S(=O)(c1[c]ccc(-c2noc(C(F)(F)Cl)n2)c1)c1ccc(F)cc1Cl. The minimum Gasteiger partial charge on any atom is -0.331 e. The average Bonchev–Trinajstić information content (AvgIpc) is 3.05. The zero-order valence-electron chi connectivity index (χ0n) is 12.4. The van der Waals surface area contributed by atoms with Crippen molar-refractivity contribution < 1.29 is 26.1 Å². The third kappa shape index (κ3) is 3.55. The molecule has 0 unspecified atom stereocenters. The lowest BCUT2D eigenvalue weighted by atomic mass is 10.2. The van der Waals surface area contributed by atoms with Crippen LogP contribution in [0.5, 0.6) is 0 Å². The maximum atomic E-state index is 13.1. The number of nitrogens with zero attached hydrogens (tertiary/aromatic N) is 2. The Hall–Kier alpha value is -2.10. The molecule has 0 fully saturated rings. The Bertz CT molecular complexity index is 1080. The minimum absolute atomic E-state index is 0.0662. The molecule has 3 rings (SSSR count).